The molecule has 0 aliphatic heterocycles. The van der Waals surface area contributed by atoms with Crippen molar-refractivity contribution in [2.75, 3.05) is 7.11 Å². The molecular weight excluding hydrogens is 328 g/mol. The van der Waals surface area contributed by atoms with Crippen LogP contribution in [0.3, 0.4) is 0 Å². The minimum Gasteiger partial charge on any atom is -0.496 e. The summed E-state index contributed by atoms with van der Waals surface area (Å²) in [4.78, 5) is 20.0. The number of aromatic amines is 1. The molecule has 2 heterocycles. The van der Waals surface area contributed by atoms with Crippen LogP contribution in [0.5, 0.6) is 5.75 Å². The van der Waals surface area contributed by atoms with Gasteiger partial charge in [-0.2, -0.15) is 0 Å². The summed E-state index contributed by atoms with van der Waals surface area (Å²) in [5.74, 6) is 1.18. The van der Waals surface area contributed by atoms with Crippen molar-refractivity contribution >= 4 is 10.9 Å². The van der Waals surface area contributed by atoms with E-state index in [0.717, 1.165) is 16.8 Å². The second-order valence-electron chi connectivity index (χ2n) is 6.29. The molecule has 0 aliphatic rings. The molecule has 0 unspecified atom stereocenters. The predicted octanol–water partition coefficient (Wildman–Crippen LogP) is 4.09. The Morgan fingerprint density at radius 3 is 2.81 bits per heavy atom. The van der Waals surface area contributed by atoms with Crippen molar-refractivity contribution in [3.05, 3.63) is 82.1 Å². The first kappa shape index (κ1) is 16.1. The van der Waals surface area contributed by atoms with Gasteiger partial charge in [0.05, 0.1) is 24.4 Å². The molecule has 130 valence electrons. The van der Waals surface area contributed by atoms with Gasteiger partial charge in [0.2, 0.25) is 0 Å². The molecule has 2 aromatic heterocycles. The first-order valence-electron chi connectivity index (χ1n) is 8.32. The fraction of sp³-hybridized carbons (Fsp3) is 0.143. The number of rotatable bonds is 4. The van der Waals surface area contributed by atoms with E-state index in [9.17, 15) is 4.79 Å². The molecule has 26 heavy (non-hydrogen) atoms. The second-order valence-corrected chi connectivity index (χ2v) is 6.29. The monoisotopic (exact) mass is 346 g/mol. The van der Waals surface area contributed by atoms with Crippen LogP contribution in [0.15, 0.2) is 64.3 Å². The Morgan fingerprint density at radius 1 is 1.19 bits per heavy atom. The molecular formula is C21H18N2O3. The molecule has 5 heteroatoms. The Bertz CT molecular complexity index is 1130. The number of nitrogens with one attached hydrogen (secondary N) is 1. The number of H-pyrrole nitrogens is 1. The Labute approximate surface area is 150 Å². The molecule has 0 aliphatic carbocycles. The number of ether oxygens (including phenoxy) is 1. The van der Waals surface area contributed by atoms with Crippen LogP contribution in [-0.2, 0) is 6.42 Å². The van der Waals surface area contributed by atoms with Crippen molar-refractivity contribution in [3.8, 4) is 17.1 Å². The smallest absolute Gasteiger partial charge is 0.189 e. The van der Waals surface area contributed by atoms with Crippen LogP contribution in [0.4, 0.5) is 0 Å². The highest BCUT2D eigenvalue weighted by atomic mass is 16.5. The first-order chi connectivity index (χ1) is 12.6. The van der Waals surface area contributed by atoms with Gasteiger partial charge >= 0.3 is 0 Å². The van der Waals surface area contributed by atoms with Gasteiger partial charge in [-0.15, -0.1) is 0 Å². The molecule has 0 amide bonds. The van der Waals surface area contributed by atoms with Crippen LogP contribution in [0.2, 0.25) is 0 Å². The van der Waals surface area contributed by atoms with Gasteiger partial charge in [0.15, 0.2) is 17.6 Å². The number of benzene rings is 2. The van der Waals surface area contributed by atoms with E-state index >= 15 is 0 Å². The van der Waals surface area contributed by atoms with Gasteiger partial charge in [-0.1, -0.05) is 29.8 Å². The largest absolute Gasteiger partial charge is 0.496 e. The average molecular weight is 346 g/mol. The molecule has 4 rings (SSSR count). The summed E-state index contributed by atoms with van der Waals surface area (Å²) in [6, 6.07) is 13.5. The number of hydrogen-bond donors (Lipinski definition) is 1. The molecule has 5 nitrogen and oxygen atoms in total. The van der Waals surface area contributed by atoms with E-state index in [4.69, 9.17) is 9.15 Å². The quantitative estimate of drug-likeness (QED) is 0.604. The molecule has 0 saturated carbocycles. The average Bonchev–Trinajstić information content (AvgIpc) is 3.15. The van der Waals surface area contributed by atoms with Gasteiger partial charge in [0, 0.05) is 29.6 Å². The number of aromatic nitrogens is 2. The summed E-state index contributed by atoms with van der Waals surface area (Å²) in [5, 5.41) is 0.588. The van der Waals surface area contributed by atoms with Gasteiger partial charge in [-0.05, 0) is 18.6 Å². The third-order valence-electron chi connectivity index (χ3n) is 4.38. The zero-order valence-corrected chi connectivity index (χ0v) is 14.6. The zero-order chi connectivity index (χ0) is 18.1. The zero-order valence-electron chi connectivity index (χ0n) is 14.6. The standard InChI is InChI=1S/C21H18N2O3/c1-13-4-3-5-14(6-13)7-15-8-19(24)16-9-17(21-11-22-12-26-21)20(25-2)10-18(16)23-15/h3-6,8-12H,7H2,1-2H3,(H,23,24). The second kappa shape index (κ2) is 6.52. The molecule has 0 saturated heterocycles. The van der Waals surface area contributed by atoms with Gasteiger partial charge in [-0.25, -0.2) is 4.98 Å². The van der Waals surface area contributed by atoms with Crippen molar-refractivity contribution < 1.29 is 9.15 Å². The lowest BCUT2D eigenvalue weighted by Crippen LogP contribution is -2.06. The number of methoxy groups -OCH3 is 1. The van der Waals surface area contributed by atoms with Gasteiger partial charge in [-0.3, -0.25) is 4.79 Å². The molecule has 0 spiro atoms. The molecule has 0 fully saturated rings. The summed E-state index contributed by atoms with van der Waals surface area (Å²) >= 11 is 0. The highest BCUT2D eigenvalue weighted by Crippen LogP contribution is 2.32. The number of oxazole rings is 1. The minimum atomic E-state index is -0.0372. The van der Waals surface area contributed by atoms with E-state index in [2.05, 4.69) is 35.1 Å². The molecule has 0 atom stereocenters. The first-order valence-corrected chi connectivity index (χ1v) is 8.32. The van der Waals surface area contributed by atoms with Crippen molar-refractivity contribution in [1.82, 2.24) is 9.97 Å². The number of pyridine rings is 1. The van der Waals surface area contributed by atoms with Crippen molar-refractivity contribution in [2.24, 2.45) is 0 Å². The molecule has 0 bridgehead atoms. The maximum Gasteiger partial charge on any atom is 0.189 e. The third kappa shape index (κ3) is 2.99. The van der Waals surface area contributed by atoms with Gasteiger partial charge in [0.25, 0.3) is 0 Å². The van der Waals surface area contributed by atoms with Crippen LogP contribution in [0.25, 0.3) is 22.2 Å². The van der Waals surface area contributed by atoms with E-state index in [1.807, 2.05) is 12.1 Å². The van der Waals surface area contributed by atoms with Crippen molar-refractivity contribution in [2.45, 2.75) is 13.3 Å². The van der Waals surface area contributed by atoms with E-state index in [0.29, 0.717) is 28.9 Å². The minimum absolute atomic E-state index is 0.0372. The van der Waals surface area contributed by atoms with Gasteiger partial charge in [0.1, 0.15) is 5.75 Å². The maximum absolute atomic E-state index is 12.7. The third-order valence-corrected chi connectivity index (χ3v) is 4.38. The van der Waals surface area contributed by atoms with Crippen molar-refractivity contribution in [3.63, 3.8) is 0 Å². The molecule has 1 N–H and O–H groups in total. The molecule has 4 aromatic rings. The summed E-state index contributed by atoms with van der Waals surface area (Å²) < 4.78 is 10.8. The van der Waals surface area contributed by atoms with Crippen LogP contribution >= 0.6 is 0 Å². The highest BCUT2D eigenvalue weighted by molar-refractivity contribution is 5.87. The summed E-state index contributed by atoms with van der Waals surface area (Å²) in [5.41, 5.74) is 4.62. The van der Waals surface area contributed by atoms with Gasteiger partial charge < -0.3 is 14.1 Å². The number of aryl methyl sites for hydroxylation is 1. The Balaban J connectivity index is 1.82. The van der Waals surface area contributed by atoms with Crippen molar-refractivity contribution in [1.29, 1.82) is 0 Å². The topological polar surface area (TPSA) is 68.1 Å². The Morgan fingerprint density at radius 2 is 2.08 bits per heavy atom. The predicted molar refractivity (Wildman–Crippen MR) is 101 cm³/mol. The lowest BCUT2D eigenvalue weighted by Gasteiger charge is -2.10. The fourth-order valence-corrected chi connectivity index (χ4v) is 3.18. The summed E-state index contributed by atoms with van der Waals surface area (Å²) in [6.45, 7) is 2.06. The number of nitrogens with zero attached hydrogens (tertiary/aromatic N) is 1. The molecule has 0 radical (unpaired) electrons. The van der Waals surface area contributed by atoms with Crippen LogP contribution in [-0.4, -0.2) is 17.1 Å². The van der Waals surface area contributed by atoms with E-state index in [1.165, 1.54) is 12.0 Å². The van der Waals surface area contributed by atoms with E-state index < -0.39 is 0 Å². The normalized spacial score (nSPS) is 11.0. The van der Waals surface area contributed by atoms with Crippen LogP contribution in [0, 0.1) is 6.92 Å². The summed E-state index contributed by atoms with van der Waals surface area (Å²) in [7, 11) is 1.59. The lowest BCUT2D eigenvalue weighted by molar-refractivity contribution is 0.415. The summed E-state index contributed by atoms with van der Waals surface area (Å²) in [6.07, 6.45) is 3.62. The maximum atomic E-state index is 12.7. The van der Waals surface area contributed by atoms with E-state index in [-0.39, 0.29) is 5.43 Å². The van der Waals surface area contributed by atoms with Crippen LogP contribution < -0.4 is 10.2 Å². The Kier molecular flexibility index (Phi) is 4.05. The fourth-order valence-electron chi connectivity index (χ4n) is 3.18. The SMILES string of the molecule is COc1cc2[nH]c(Cc3cccc(C)c3)cc(=O)c2cc1-c1cnco1. The number of hydrogen-bond acceptors (Lipinski definition) is 4. The molecule has 2 aromatic carbocycles. The number of fused-ring (bicyclic) bond motifs is 1. The Hall–Kier alpha value is -3.34. The van der Waals surface area contributed by atoms with E-state index in [1.54, 1.807) is 25.4 Å². The lowest BCUT2D eigenvalue weighted by atomic mass is 10.0. The highest BCUT2D eigenvalue weighted by Gasteiger charge is 2.13. The van der Waals surface area contributed by atoms with Crippen LogP contribution in [0.1, 0.15) is 16.8 Å².